The zero-order valence-corrected chi connectivity index (χ0v) is 18.5. The van der Waals surface area contributed by atoms with E-state index in [9.17, 15) is 18.0 Å². The van der Waals surface area contributed by atoms with E-state index < -0.39 is 15.9 Å². The molecule has 1 aromatic heterocycles. The first kappa shape index (κ1) is 22.2. The van der Waals surface area contributed by atoms with Gasteiger partial charge in [0.15, 0.2) is 0 Å². The number of ether oxygens (including phenoxy) is 1. The van der Waals surface area contributed by atoms with Gasteiger partial charge in [-0.15, -0.1) is 0 Å². The van der Waals surface area contributed by atoms with Gasteiger partial charge in [-0.05, 0) is 54.6 Å². The van der Waals surface area contributed by atoms with Crippen molar-refractivity contribution in [2.75, 3.05) is 28.6 Å². The zero-order valence-electron chi connectivity index (χ0n) is 17.6. The van der Waals surface area contributed by atoms with Gasteiger partial charge in [-0.1, -0.05) is 0 Å². The Kier molecular flexibility index (Phi) is 6.22. The van der Waals surface area contributed by atoms with E-state index >= 15 is 0 Å². The average molecular weight is 468 g/mol. The molecule has 2 aromatic carbocycles. The average Bonchev–Trinajstić information content (AvgIpc) is 3.21. The van der Waals surface area contributed by atoms with E-state index in [2.05, 4.69) is 20.0 Å². The van der Waals surface area contributed by atoms with Gasteiger partial charge in [-0.25, -0.2) is 23.1 Å². The minimum atomic E-state index is -3.87. The van der Waals surface area contributed by atoms with Crippen LogP contribution in [0.2, 0.25) is 0 Å². The first-order valence-corrected chi connectivity index (χ1v) is 11.5. The second-order valence-electron chi connectivity index (χ2n) is 7.29. The maximum absolute atomic E-state index is 12.7. The Bertz CT molecular complexity index is 1250. The quantitative estimate of drug-likeness (QED) is 0.545. The molecule has 1 saturated heterocycles. The third-order valence-corrected chi connectivity index (χ3v) is 6.45. The summed E-state index contributed by atoms with van der Waals surface area (Å²) in [4.78, 5) is 34.4. The van der Waals surface area contributed by atoms with E-state index in [1.807, 2.05) is 0 Å². The number of hydrogen-bond acceptors (Lipinski definition) is 7. The predicted molar refractivity (Wildman–Crippen MR) is 121 cm³/mol. The van der Waals surface area contributed by atoms with Gasteiger partial charge >= 0.3 is 0 Å². The number of hydrogen-bond donors (Lipinski definition) is 2. The summed E-state index contributed by atoms with van der Waals surface area (Å²) in [5, 5.41) is 2.75. The topological polar surface area (TPSA) is 131 Å². The number of nitrogens with zero attached hydrogens (tertiary/aromatic N) is 3. The standard InChI is InChI=1S/C22H21N5O5S/c1-32-18-7-5-17(6-8-18)27-14-15(13-20(27)28)21(29)25-16-3-9-19(10-4-16)33(30,31)26-22-23-11-2-12-24-22/h2-12,15H,13-14H2,1H3,(H,25,29)(H,23,24,26)/t15-/m0/s1. The number of methoxy groups -OCH3 is 1. The summed E-state index contributed by atoms with van der Waals surface area (Å²) in [7, 11) is -2.31. The van der Waals surface area contributed by atoms with Crippen LogP contribution < -0.4 is 19.7 Å². The lowest BCUT2D eigenvalue weighted by Crippen LogP contribution is -2.28. The van der Waals surface area contributed by atoms with E-state index in [1.54, 1.807) is 42.3 Å². The molecule has 1 fully saturated rings. The molecule has 0 spiro atoms. The van der Waals surface area contributed by atoms with Gasteiger partial charge in [0.2, 0.25) is 17.8 Å². The number of aromatic nitrogens is 2. The molecular formula is C22H21N5O5S. The lowest BCUT2D eigenvalue weighted by Gasteiger charge is -2.17. The molecular weight excluding hydrogens is 446 g/mol. The van der Waals surface area contributed by atoms with Crippen LogP contribution in [0, 0.1) is 5.92 Å². The van der Waals surface area contributed by atoms with Crippen molar-refractivity contribution in [2.45, 2.75) is 11.3 Å². The van der Waals surface area contributed by atoms with Crippen LogP contribution in [0.3, 0.4) is 0 Å². The molecule has 4 rings (SSSR count). The Morgan fingerprint density at radius 1 is 1.06 bits per heavy atom. The van der Waals surface area contributed by atoms with Crippen LogP contribution in [0.4, 0.5) is 17.3 Å². The minimum Gasteiger partial charge on any atom is -0.497 e. The number of carbonyl (C=O) groups is 2. The first-order chi connectivity index (χ1) is 15.9. The Morgan fingerprint density at radius 3 is 2.36 bits per heavy atom. The van der Waals surface area contributed by atoms with Gasteiger partial charge in [0.1, 0.15) is 5.75 Å². The van der Waals surface area contributed by atoms with Crippen molar-refractivity contribution < 1.29 is 22.7 Å². The maximum atomic E-state index is 12.7. The van der Waals surface area contributed by atoms with Crippen molar-refractivity contribution in [2.24, 2.45) is 5.92 Å². The normalized spacial score (nSPS) is 15.8. The Morgan fingerprint density at radius 2 is 1.73 bits per heavy atom. The third-order valence-electron chi connectivity index (χ3n) is 5.10. The summed E-state index contributed by atoms with van der Waals surface area (Å²) >= 11 is 0. The summed E-state index contributed by atoms with van der Waals surface area (Å²) < 4.78 is 32.3. The number of amides is 2. The molecule has 0 unspecified atom stereocenters. The largest absolute Gasteiger partial charge is 0.497 e. The Balaban J connectivity index is 1.39. The molecule has 2 heterocycles. The summed E-state index contributed by atoms with van der Waals surface area (Å²) in [5.74, 6) is -0.347. The monoisotopic (exact) mass is 467 g/mol. The van der Waals surface area contributed by atoms with Crippen LogP contribution in [-0.4, -0.2) is 43.9 Å². The molecule has 2 amide bonds. The second-order valence-corrected chi connectivity index (χ2v) is 8.98. The summed E-state index contributed by atoms with van der Waals surface area (Å²) in [6, 6.07) is 14.3. The first-order valence-electron chi connectivity index (χ1n) is 10.0. The number of sulfonamides is 1. The maximum Gasteiger partial charge on any atom is 0.264 e. The molecule has 33 heavy (non-hydrogen) atoms. The van der Waals surface area contributed by atoms with Crippen molar-refractivity contribution >= 4 is 39.2 Å². The van der Waals surface area contributed by atoms with E-state index in [0.717, 1.165) is 0 Å². The minimum absolute atomic E-state index is 0.00493. The van der Waals surface area contributed by atoms with Gasteiger partial charge in [0.25, 0.3) is 10.0 Å². The van der Waals surface area contributed by atoms with Gasteiger partial charge in [0, 0.05) is 36.7 Å². The molecule has 11 heteroatoms. The lowest BCUT2D eigenvalue weighted by atomic mass is 10.1. The van der Waals surface area contributed by atoms with Crippen LogP contribution in [0.1, 0.15) is 6.42 Å². The second kappa shape index (κ2) is 9.25. The Hall–Kier alpha value is -3.99. The highest BCUT2D eigenvalue weighted by molar-refractivity contribution is 7.92. The van der Waals surface area contributed by atoms with Crippen LogP contribution in [-0.2, 0) is 19.6 Å². The highest BCUT2D eigenvalue weighted by atomic mass is 32.2. The number of benzene rings is 2. The molecule has 1 aliphatic rings. The van der Waals surface area contributed by atoms with Crippen molar-refractivity contribution in [1.82, 2.24) is 9.97 Å². The smallest absolute Gasteiger partial charge is 0.264 e. The molecule has 10 nitrogen and oxygen atoms in total. The summed E-state index contributed by atoms with van der Waals surface area (Å²) in [6.45, 7) is 0.254. The van der Waals surface area contributed by atoms with E-state index in [0.29, 0.717) is 17.1 Å². The third kappa shape index (κ3) is 5.09. The summed E-state index contributed by atoms with van der Waals surface area (Å²) in [5.41, 5.74) is 1.12. The van der Waals surface area contributed by atoms with Crippen LogP contribution in [0.15, 0.2) is 71.9 Å². The molecule has 3 aromatic rings. The molecule has 0 aliphatic carbocycles. The van der Waals surface area contributed by atoms with Crippen LogP contribution >= 0.6 is 0 Å². The van der Waals surface area contributed by atoms with Gasteiger partial charge in [-0.2, -0.15) is 0 Å². The van der Waals surface area contributed by atoms with E-state index in [-0.39, 0.29) is 35.6 Å². The molecule has 1 atom stereocenters. The highest BCUT2D eigenvalue weighted by Crippen LogP contribution is 2.28. The molecule has 0 bridgehead atoms. The molecule has 0 radical (unpaired) electrons. The predicted octanol–water partition coefficient (Wildman–Crippen LogP) is 2.28. The van der Waals surface area contributed by atoms with E-state index in [1.165, 1.54) is 36.7 Å². The molecule has 170 valence electrons. The lowest BCUT2D eigenvalue weighted by molar-refractivity contribution is -0.122. The van der Waals surface area contributed by atoms with Gasteiger partial charge < -0.3 is 15.0 Å². The fourth-order valence-corrected chi connectivity index (χ4v) is 4.35. The fraction of sp³-hybridized carbons (Fsp3) is 0.182. The van der Waals surface area contributed by atoms with Gasteiger partial charge in [0.05, 0.1) is 17.9 Å². The van der Waals surface area contributed by atoms with Gasteiger partial charge in [-0.3, -0.25) is 9.59 Å². The zero-order chi connectivity index (χ0) is 23.4. The van der Waals surface area contributed by atoms with Crippen LogP contribution in [0.25, 0.3) is 0 Å². The van der Waals surface area contributed by atoms with Crippen molar-refractivity contribution in [3.05, 3.63) is 67.0 Å². The molecule has 1 aliphatic heterocycles. The Labute approximate surface area is 190 Å². The molecule has 0 saturated carbocycles. The van der Waals surface area contributed by atoms with Crippen LogP contribution in [0.5, 0.6) is 5.75 Å². The number of rotatable bonds is 7. The number of carbonyl (C=O) groups excluding carboxylic acids is 2. The van der Waals surface area contributed by atoms with E-state index in [4.69, 9.17) is 4.74 Å². The van der Waals surface area contributed by atoms with Crippen molar-refractivity contribution in [3.63, 3.8) is 0 Å². The molecule has 2 N–H and O–H groups in total. The highest BCUT2D eigenvalue weighted by Gasteiger charge is 2.35. The number of anilines is 3. The summed E-state index contributed by atoms with van der Waals surface area (Å²) in [6.07, 6.45) is 2.94. The SMILES string of the molecule is COc1ccc(N2C[C@@H](C(=O)Nc3ccc(S(=O)(=O)Nc4ncccn4)cc3)CC2=O)cc1. The fourth-order valence-electron chi connectivity index (χ4n) is 3.39. The number of nitrogens with one attached hydrogen (secondary N) is 2. The van der Waals surface area contributed by atoms with Crippen molar-refractivity contribution in [3.8, 4) is 5.75 Å². The van der Waals surface area contributed by atoms with Crippen molar-refractivity contribution in [1.29, 1.82) is 0 Å².